The van der Waals surface area contributed by atoms with Crippen molar-refractivity contribution in [3.05, 3.63) is 126 Å². The fourth-order valence-corrected chi connectivity index (χ4v) is 5.33. The van der Waals surface area contributed by atoms with Crippen LogP contribution in [0.2, 0.25) is 0 Å². The normalized spacial score (nSPS) is 13.7. The van der Waals surface area contributed by atoms with Crippen molar-refractivity contribution in [2.45, 2.75) is 38.6 Å². The van der Waals surface area contributed by atoms with Crippen molar-refractivity contribution in [1.29, 1.82) is 0 Å². The minimum atomic E-state index is -0.399. The lowest BCUT2D eigenvalue weighted by Crippen LogP contribution is -2.46. The first-order valence-electron chi connectivity index (χ1n) is 15.8. The molecule has 1 aliphatic carbocycles. The lowest BCUT2D eigenvalue weighted by atomic mass is 9.95. The summed E-state index contributed by atoms with van der Waals surface area (Å²) < 4.78 is 15.4. The number of aliphatic imine (C=N–C) groups is 2. The van der Waals surface area contributed by atoms with Crippen LogP contribution >= 0.6 is 0 Å². The smallest absolute Gasteiger partial charge is 0.252 e. The number of hydrogen-bond acceptors (Lipinski definition) is 5. The highest BCUT2D eigenvalue weighted by atomic mass is 19.1. The Labute approximate surface area is 283 Å². The molecule has 3 aromatic rings. The number of amides is 1. The quantitative estimate of drug-likeness (QED) is 0.0871. The first kappa shape index (κ1) is 35.3. The highest BCUT2D eigenvalue weighted by Gasteiger charge is 2.44. The second kappa shape index (κ2) is 15.8. The Morgan fingerprint density at radius 1 is 1.15 bits per heavy atom. The van der Waals surface area contributed by atoms with Crippen LogP contribution in [0.15, 0.2) is 96.5 Å². The Balaban J connectivity index is 1.63. The first-order valence-corrected chi connectivity index (χ1v) is 15.8. The Kier molecular flexibility index (Phi) is 11.6. The number of halogens is 1. The van der Waals surface area contributed by atoms with Gasteiger partial charge in [-0.1, -0.05) is 63.6 Å². The van der Waals surface area contributed by atoms with Gasteiger partial charge in [-0.05, 0) is 86.0 Å². The number of aromatic nitrogens is 2. The lowest BCUT2D eigenvalue weighted by molar-refractivity contribution is 0.0931. The van der Waals surface area contributed by atoms with E-state index in [-0.39, 0.29) is 18.4 Å². The van der Waals surface area contributed by atoms with Gasteiger partial charge < -0.3 is 16.0 Å². The highest BCUT2D eigenvalue weighted by molar-refractivity contribution is 6.01. The van der Waals surface area contributed by atoms with E-state index in [0.717, 1.165) is 46.4 Å². The summed E-state index contributed by atoms with van der Waals surface area (Å²) in [6, 6.07) is 10.2. The third kappa shape index (κ3) is 8.22. The van der Waals surface area contributed by atoms with Crippen LogP contribution in [0.3, 0.4) is 0 Å². The zero-order chi connectivity index (χ0) is 34.8. The van der Waals surface area contributed by atoms with Gasteiger partial charge in [-0.25, -0.2) is 14.1 Å². The monoisotopic (exact) mass is 645 g/mol. The average Bonchev–Trinajstić information content (AvgIpc) is 3.75. The molecule has 248 valence electrons. The van der Waals surface area contributed by atoms with E-state index < -0.39 is 5.54 Å². The molecule has 1 amide bonds. The van der Waals surface area contributed by atoms with Gasteiger partial charge in [-0.2, -0.15) is 5.10 Å². The summed E-state index contributed by atoms with van der Waals surface area (Å²) in [4.78, 5) is 22.1. The number of rotatable bonds is 16. The van der Waals surface area contributed by atoms with Crippen molar-refractivity contribution < 1.29 is 9.18 Å². The lowest BCUT2D eigenvalue weighted by Gasteiger charge is -2.21. The second-order valence-corrected chi connectivity index (χ2v) is 11.6. The Hall–Kier alpha value is -5.57. The van der Waals surface area contributed by atoms with Gasteiger partial charge in [0.15, 0.2) is 0 Å². The molecule has 0 aliphatic heterocycles. The maximum absolute atomic E-state index is 13.8. The van der Waals surface area contributed by atoms with E-state index in [1.807, 2.05) is 38.1 Å². The molecule has 1 heterocycles. The molecule has 8 nitrogen and oxygen atoms in total. The van der Waals surface area contributed by atoms with Gasteiger partial charge in [0.1, 0.15) is 24.0 Å². The number of amidine groups is 1. The standard InChI is InChI=1S/C39H44FN7O/c1-9-12-13-26(4)37(44-25-41-7)43-24-39(20-21-39)45-38(48)33-23-31(27(5)22-29(33)10-2)16-19-34-35(28(6)42-8)36(46-47(34)11-3)30-14-17-32(40)18-15-30/h9,11-19,22-23,42H,1,3-4,6-7,10,20-21,24-25H2,2,5,8H3,(H,43,44)(H,45,48)/b13-12-,19-16+. The molecule has 1 aliphatic rings. The van der Waals surface area contributed by atoms with Crippen molar-refractivity contribution >= 4 is 42.5 Å². The predicted molar refractivity (Wildman–Crippen MR) is 199 cm³/mol. The van der Waals surface area contributed by atoms with Gasteiger partial charge in [0.05, 0.1) is 16.8 Å². The first-order chi connectivity index (χ1) is 23.1. The van der Waals surface area contributed by atoms with Crippen molar-refractivity contribution in [3.8, 4) is 11.3 Å². The van der Waals surface area contributed by atoms with E-state index in [1.54, 1.807) is 42.2 Å². The predicted octanol–water partition coefficient (Wildman–Crippen LogP) is 7.23. The zero-order valence-electron chi connectivity index (χ0n) is 28.1. The fraction of sp³-hybridized carbons (Fsp3) is 0.231. The average molecular weight is 646 g/mol. The van der Waals surface area contributed by atoms with Gasteiger partial charge in [-0.3, -0.25) is 9.79 Å². The molecular formula is C39H44FN7O. The van der Waals surface area contributed by atoms with E-state index >= 15 is 0 Å². The van der Waals surface area contributed by atoms with Gasteiger partial charge in [0.25, 0.3) is 5.91 Å². The van der Waals surface area contributed by atoms with Crippen LogP contribution in [0.25, 0.3) is 35.3 Å². The number of benzene rings is 2. The van der Waals surface area contributed by atoms with Crippen LogP contribution in [-0.4, -0.2) is 54.0 Å². The molecule has 9 heteroatoms. The Morgan fingerprint density at radius 2 is 1.88 bits per heavy atom. The second-order valence-electron chi connectivity index (χ2n) is 11.6. The van der Waals surface area contributed by atoms with Gasteiger partial charge in [0, 0.05) is 42.2 Å². The summed E-state index contributed by atoms with van der Waals surface area (Å²) >= 11 is 0. The Morgan fingerprint density at radius 3 is 2.48 bits per heavy atom. The molecular weight excluding hydrogens is 601 g/mol. The minimum Gasteiger partial charge on any atom is -0.388 e. The van der Waals surface area contributed by atoms with Gasteiger partial charge >= 0.3 is 0 Å². The third-order valence-electron chi connectivity index (χ3n) is 8.27. The molecule has 48 heavy (non-hydrogen) atoms. The molecule has 0 atom stereocenters. The van der Waals surface area contributed by atoms with E-state index in [4.69, 9.17) is 5.10 Å². The summed E-state index contributed by atoms with van der Waals surface area (Å²) in [6.45, 7) is 24.2. The molecule has 4 rings (SSSR count). The van der Waals surface area contributed by atoms with Crippen LogP contribution in [0.4, 0.5) is 4.39 Å². The number of nitrogens with zero attached hydrogens (tertiary/aromatic N) is 4. The third-order valence-corrected chi connectivity index (χ3v) is 8.27. The molecule has 1 aromatic heterocycles. The van der Waals surface area contributed by atoms with Crippen molar-refractivity contribution in [2.24, 2.45) is 9.98 Å². The molecule has 0 bridgehead atoms. The van der Waals surface area contributed by atoms with Crippen LogP contribution in [-0.2, 0) is 6.42 Å². The summed E-state index contributed by atoms with van der Waals surface area (Å²) in [5.41, 5.74) is 7.34. The number of hydrogen-bond donors (Lipinski definition) is 3. The van der Waals surface area contributed by atoms with Crippen LogP contribution in [0.5, 0.6) is 0 Å². The largest absolute Gasteiger partial charge is 0.388 e. The minimum absolute atomic E-state index is 0.128. The van der Waals surface area contributed by atoms with Crippen molar-refractivity contribution in [2.75, 3.05) is 20.3 Å². The topological polar surface area (TPSA) is 95.7 Å². The van der Waals surface area contributed by atoms with Crippen molar-refractivity contribution in [3.63, 3.8) is 0 Å². The highest BCUT2D eigenvalue weighted by Crippen LogP contribution is 2.36. The van der Waals surface area contributed by atoms with E-state index in [2.05, 4.69) is 65.0 Å². The fourth-order valence-electron chi connectivity index (χ4n) is 5.33. The number of nitrogens with one attached hydrogen (secondary N) is 3. The van der Waals surface area contributed by atoms with Crippen LogP contribution < -0.4 is 16.0 Å². The molecule has 0 saturated heterocycles. The maximum Gasteiger partial charge on any atom is 0.252 e. The van der Waals surface area contributed by atoms with E-state index in [1.165, 1.54) is 12.1 Å². The van der Waals surface area contributed by atoms with E-state index in [9.17, 15) is 9.18 Å². The summed E-state index contributed by atoms with van der Waals surface area (Å²) in [6.07, 6.45) is 13.2. The van der Waals surface area contributed by atoms with Crippen LogP contribution in [0, 0.1) is 12.7 Å². The number of allylic oxidation sites excluding steroid dienone is 2. The van der Waals surface area contributed by atoms with Gasteiger partial charge in [0.2, 0.25) is 0 Å². The SMILES string of the molecule is C=C/C=C\C(=C)/C(=N/CN=C)NCC1(NC(=O)c2cc(/C=C/c3c(C(=C)NC)c(-c4ccc(F)cc4)nn3C=C)c(C)cc2CC)CC1. The molecule has 0 unspecified atom stereocenters. The van der Waals surface area contributed by atoms with E-state index in [0.29, 0.717) is 41.3 Å². The zero-order valence-corrected chi connectivity index (χ0v) is 28.1. The van der Waals surface area contributed by atoms with Crippen LogP contribution in [0.1, 0.15) is 58.1 Å². The molecule has 2 aromatic carbocycles. The molecule has 0 radical (unpaired) electrons. The maximum atomic E-state index is 13.8. The number of aryl methyl sites for hydroxylation is 2. The Bertz CT molecular complexity index is 1820. The van der Waals surface area contributed by atoms with Gasteiger partial charge in [-0.15, -0.1) is 0 Å². The number of carbonyl (C=O) groups is 1. The summed E-state index contributed by atoms with van der Waals surface area (Å²) in [5, 5.41) is 14.5. The summed E-state index contributed by atoms with van der Waals surface area (Å²) in [5.74, 6) is 0.143. The van der Waals surface area contributed by atoms with Crippen molar-refractivity contribution in [1.82, 2.24) is 25.7 Å². The molecule has 3 N–H and O–H groups in total. The molecule has 0 spiro atoms. The molecule has 1 saturated carbocycles. The summed E-state index contributed by atoms with van der Waals surface area (Å²) in [7, 11) is 1.79. The number of carbonyl (C=O) groups excluding carboxylic acids is 1. The molecule has 1 fully saturated rings.